The van der Waals surface area contributed by atoms with Crippen LogP contribution in [0.5, 0.6) is 0 Å². The largest absolute Gasteiger partial charge is 0.460 e. The molecule has 28 heavy (non-hydrogen) atoms. The van der Waals surface area contributed by atoms with E-state index in [4.69, 9.17) is 18.9 Å². The maximum Gasteiger partial charge on any atom is 0.357 e. The molecule has 0 saturated heterocycles. The third-order valence-electron chi connectivity index (χ3n) is 3.14. The smallest absolute Gasteiger partial charge is 0.357 e. The van der Waals surface area contributed by atoms with Gasteiger partial charge in [0.2, 0.25) is 0 Å². The minimum absolute atomic E-state index is 0.0352. The second kappa shape index (κ2) is 10.4. The molecule has 0 amide bonds. The van der Waals surface area contributed by atoms with Crippen molar-refractivity contribution >= 4 is 23.9 Å². The lowest BCUT2D eigenvalue weighted by Gasteiger charge is -2.15. The van der Waals surface area contributed by atoms with E-state index in [9.17, 15) is 19.2 Å². The van der Waals surface area contributed by atoms with E-state index in [-0.39, 0.29) is 23.5 Å². The van der Waals surface area contributed by atoms with Crippen LogP contribution in [-0.2, 0) is 28.5 Å². The molecule has 0 radical (unpaired) electrons. The van der Waals surface area contributed by atoms with Crippen molar-refractivity contribution in [3.63, 3.8) is 0 Å². The van der Waals surface area contributed by atoms with Gasteiger partial charge in [-0.2, -0.15) is 0 Å². The van der Waals surface area contributed by atoms with Crippen molar-refractivity contribution in [3.05, 3.63) is 29.6 Å². The lowest BCUT2D eigenvalue weighted by atomic mass is 10.2. The standard InChI is InChI=1S/C19H25NO8/c1-10(2)25-16(21)12(5)27-18(23)14-7-8-15(20-9-14)19(24)28-13(6)17(22)26-11(3)4/h7-13H,1-6H3. The molecule has 1 aromatic heterocycles. The molecule has 0 N–H and O–H groups in total. The van der Waals surface area contributed by atoms with Crippen LogP contribution in [0.3, 0.4) is 0 Å². The number of pyridine rings is 1. The van der Waals surface area contributed by atoms with Crippen molar-refractivity contribution in [3.8, 4) is 0 Å². The number of rotatable bonds is 8. The zero-order valence-corrected chi connectivity index (χ0v) is 16.8. The van der Waals surface area contributed by atoms with Gasteiger partial charge in [0, 0.05) is 6.20 Å². The van der Waals surface area contributed by atoms with Crippen LogP contribution in [0.15, 0.2) is 18.3 Å². The molecular weight excluding hydrogens is 370 g/mol. The first-order chi connectivity index (χ1) is 13.0. The van der Waals surface area contributed by atoms with E-state index in [0.29, 0.717) is 0 Å². The van der Waals surface area contributed by atoms with Crippen molar-refractivity contribution < 1.29 is 38.1 Å². The fraction of sp³-hybridized carbons (Fsp3) is 0.526. The molecule has 0 aliphatic rings. The van der Waals surface area contributed by atoms with E-state index in [1.54, 1.807) is 27.7 Å². The summed E-state index contributed by atoms with van der Waals surface area (Å²) in [6.07, 6.45) is -1.75. The highest BCUT2D eigenvalue weighted by Crippen LogP contribution is 2.09. The predicted molar refractivity (Wildman–Crippen MR) is 96.4 cm³/mol. The summed E-state index contributed by atoms with van der Waals surface area (Å²) >= 11 is 0. The van der Waals surface area contributed by atoms with Gasteiger partial charge in [0.15, 0.2) is 12.2 Å². The monoisotopic (exact) mass is 395 g/mol. The van der Waals surface area contributed by atoms with Crippen molar-refractivity contribution in [1.29, 1.82) is 0 Å². The van der Waals surface area contributed by atoms with Gasteiger partial charge in [0.05, 0.1) is 17.8 Å². The van der Waals surface area contributed by atoms with Gasteiger partial charge in [0.25, 0.3) is 0 Å². The molecule has 0 aliphatic heterocycles. The number of aromatic nitrogens is 1. The van der Waals surface area contributed by atoms with Crippen molar-refractivity contribution in [2.75, 3.05) is 0 Å². The maximum absolute atomic E-state index is 12.0. The molecule has 1 rings (SSSR count). The first kappa shape index (κ1) is 23.1. The number of hydrogen-bond donors (Lipinski definition) is 0. The number of ether oxygens (including phenoxy) is 4. The first-order valence-electron chi connectivity index (χ1n) is 8.80. The molecule has 9 nitrogen and oxygen atoms in total. The zero-order chi connectivity index (χ0) is 21.4. The average molecular weight is 395 g/mol. The molecule has 0 saturated carbocycles. The number of carbonyl (C=O) groups is 4. The minimum Gasteiger partial charge on any atom is -0.460 e. The normalized spacial score (nSPS) is 12.9. The summed E-state index contributed by atoms with van der Waals surface area (Å²) in [5.74, 6) is -2.99. The Labute approximate surface area is 163 Å². The fourth-order valence-corrected chi connectivity index (χ4v) is 1.84. The summed E-state index contributed by atoms with van der Waals surface area (Å²) in [7, 11) is 0. The first-order valence-corrected chi connectivity index (χ1v) is 8.80. The van der Waals surface area contributed by atoms with E-state index < -0.39 is 36.1 Å². The Morgan fingerprint density at radius 1 is 0.714 bits per heavy atom. The Kier molecular flexibility index (Phi) is 8.56. The summed E-state index contributed by atoms with van der Waals surface area (Å²) in [4.78, 5) is 51.2. The molecule has 154 valence electrons. The summed E-state index contributed by atoms with van der Waals surface area (Å²) in [5.41, 5.74) is -0.0685. The molecule has 9 heteroatoms. The summed E-state index contributed by atoms with van der Waals surface area (Å²) in [5, 5.41) is 0. The highest BCUT2D eigenvalue weighted by Gasteiger charge is 2.24. The molecule has 0 bridgehead atoms. The molecule has 2 atom stereocenters. The second-order valence-electron chi connectivity index (χ2n) is 6.50. The van der Waals surface area contributed by atoms with Gasteiger partial charge in [-0.1, -0.05) is 0 Å². The Balaban J connectivity index is 2.67. The lowest BCUT2D eigenvalue weighted by Crippen LogP contribution is -2.29. The van der Waals surface area contributed by atoms with E-state index in [2.05, 4.69) is 4.98 Å². The molecule has 1 aromatic rings. The van der Waals surface area contributed by atoms with E-state index in [1.807, 2.05) is 0 Å². The Morgan fingerprint density at radius 2 is 1.18 bits per heavy atom. The van der Waals surface area contributed by atoms with Crippen LogP contribution in [0.2, 0.25) is 0 Å². The molecular formula is C19H25NO8. The zero-order valence-electron chi connectivity index (χ0n) is 16.8. The van der Waals surface area contributed by atoms with Gasteiger partial charge in [-0.05, 0) is 53.7 Å². The van der Waals surface area contributed by atoms with Gasteiger partial charge in [0.1, 0.15) is 5.69 Å². The van der Waals surface area contributed by atoms with Gasteiger partial charge in [-0.15, -0.1) is 0 Å². The van der Waals surface area contributed by atoms with Gasteiger partial charge in [-0.3, -0.25) is 0 Å². The number of nitrogens with zero attached hydrogens (tertiary/aromatic N) is 1. The Morgan fingerprint density at radius 3 is 1.57 bits per heavy atom. The number of esters is 4. The predicted octanol–water partition coefficient (Wildman–Crippen LogP) is 2.08. The molecule has 0 spiro atoms. The van der Waals surface area contributed by atoms with Crippen LogP contribution < -0.4 is 0 Å². The Bertz CT molecular complexity index is 650. The van der Waals surface area contributed by atoms with Crippen molar-refractivity contribution in [2.24, 2.45) is 0 Å². The van der Waals surface area contributed by atoms with Crippen LogP contribution in [0.4, 0.5) is 0 Å². The lowest BCUT2D eigenvalue weighted by molar-refractivity contribution is -0.157. The van der Waals surface area contributed by atoms with Crippen LogP contribution in [0.1, 0.15) is 62.4 Å². The average Bonchev–Trinajstić information content (AvgIpc) is 2.60. The topological polar surface area (TPSA) is 118 Å². The molecule has 0 fully saturated rings. The van der Waals surface area contributed by atoms with Gasteiger partial charge < -0.3 is 18.9 Å². The molecule has 0 aliphatic carbocycles. The van der Waals surface area contributed by atoms with Gasteiger partial charge in [-0.25, -0.2) is 24.2 Å². The number of hydrogen-bond acceptors (Lipinski definition) is 9. The minimum atomic E-state index is -1.10. The number of carbonyl (C=O) groups excluding carboxylic acids is 4. The third-order valence-corrected chi connectivity index (χ3v) is 3.14. The van der Waals surface area contributed by atoms with Crippen molar-refractivity contribution in [1.82, 2.24) is 4.98 Å². The summed E-state index contributed by atoms with van der Waals surface area (Å²) < 4.78 is 19.9. The van der Waals surface area contributed by atoms with E-state index in [0.717, 1.165) is 6.20 Å². The van der Waals surface area contributed by atoms with Crippen LogP contribution in [0.25, 0.3) is 0 Å². The molecule has 0 aromatic carbocycles. The fourth-order valence-electron chi connectivity index (χ4n) is 1.84. The highest BCUT2D eigenvalue weighted by atomic mass is 16.6. The molecule has 2 unspecified atom stereocenters. The summed E-state index contributed by atoms with van der Waals surface area (Å²) in [6.45, 7) is 9.48. The highest BCUT2D eigenvalue weighted by molar-refractivity contribution is 5.93. The van der Waals surface area contributed by atoms with Crippen molar-refractivity contribution in [2.45, 2.75) is 66.0 Å². The third kappa shape index (κ3) is 7.34. The van der Waals surface area contributed by atoms with E-state index >= 15 is 0 Å². The van der Waals surface area contributed by atoms with Gasteiger partial charge >= 0.3 is 23.9 Å². The maximum atomic E-state index is 12.0. The van der Waals surface area contributed by atoms with Crippen LogP contribution >= 0.6 is 0 Å². The quantitative estimate of drug-likeness (QED) is 0.481. The van der Waals surface area contributed by atoms with E-state index in [1.165, 1.54) is 26.0 Å². The SMILES string of the molecule is CC(C)OC(=O)C(C)OC(=O)c1ccc(C(=O)OC(C)C(=O)OC(C)C)nc1. The molecule has 1 heterocycles. The van der Waals surface area contributed by atoms with Crippen LogP contribution in [-0.4, -0.2) is 53.3 Å². The summed E-state index contributed by atoms with van der Waals surface area (Å²) in [6, 6.07) is 2.54. The second-order valence-corrected chi connectivity index (χ2v) is 6.50. The Hall–Kier alpha value is -2.97. The van der Waals surface area contributed by atoms with Crippen LogP contribution in [0, 0.1) is 0 Å².